The van der Waals surface area contributed by atoms with Gasteiger partial charge in [-0.2, -0.15) is 0 Å². The van der Waals surface area contributed by atoms with Crippen molar-refractivity contribution in [3.63, 3.8) is 0 Å². The summed E-state index contributed by atoms with van der Waals surface area (Å²) in [6, 6.07) is 5.24. The van der Waals surface area contributed by atoms with E-state index < -0.39 is 158 Å². The molecule has 26 nitrogen and oxygen atoms in total. The summed E-state index contributed by atoms with van der Waals surface area (Å²) in [5, 5.41) is 119. The van der Waals surface area contributed by atoms with Gasteiger partial charge in [-0.25, -0.2) is 4.79 Å². The van der Waals surface area contributed by atoms with E-state index in [0.29, 0.717) is 0 Å². The van der Waals surface area contributed by atoms with Gasteiger partial charge in [-0.15, -0.1) is 0 Å². The summed E-state index contributed by atoms with van der Waals surface area (Å²) in [4.78, 5) is 104. The van der Waals surface area contributed by atoms with E-state index >= 15 is 19.2 Å². The summed E-state index contributed by atoms with van der Waals surface area (Å²) < 4.78 is 18.5. The lowest BCUT2D eigenvalue weighted by atomic mass is 9.89. The second kappa shape index (κ2) is 23.2. The third-order valence-corrected chi connectivity index (χ3v) is 15.8. The van der Waals surface area contributed by atoms with Gasteiger partial charge in [0.25, 0.3) is 0 Å². The quantitative estimate of drug-likeness (QED) is 0.103. The number of fused-ring (bicyclic) bond motifs is 14. The number of halogens is 3. The number of nitrogens with one attached hydrogen (secondary N) is 7. The highest BCUT2D eigenvalue weighted by Crippen LogP contribution is 2.47. The summed E-state index contributed by atoms with van der Waals surface area (Å²) >= 11 is 20.5. The number of hydrogen-bond donors (Lipinski definition) is 16. The summed E-state index contributed by atoms with van der Waals surface area (Å²) in [6.07, 6.45) is -4.29. The van der Waals surface area contributed by atoms with Crippen LogP contribution in [0.3, 0.4) is 0 Å². The predicted molar refractivity (Wildman–Crippen MR) is 306 cm³/mol. The second-order valence-electron chi connectivity index (χ2n) is 20.6. The molecule has 13 rings (SSSR count). The largest absolute Gasteiger partial charge is 0.508 e. The molecule has 6 amide bonds. The standard InChI is InChI=1S/C59H46Cl3N7O19/c1-63-43-21-3-6-35(72)40(14-21)87-28-18-31(42(62)38(75)19-28)46-56(81)65-45-23-8-26(86-39-7-4-22(13-36(39)73)50(76)48(57(82)66-46)68-53(43)78)17-27(9-23)88-52-32(60)11-24(12-33(52)61)51(77)49-58(83)67-47(59(84)85)30-15-25(70)16-37(74)41(30)29-10-20(2-5-34(29)71)44(54(79)69-49)64-55(45)80/h2-19,43-51,63,70-77H,1H3,(H,64,80)(H,65,81)(H,66,82)(H,67,83)(H,68,78)(H,69,79)(H,84,85). The van der Waals surface area contributed by atoms with Crippen LogP contribution in [0, 0.1) is 0 Å². The molecular weight excluding hydrogens is 1220 g/mol. The van der Waals surface area contributed by atoms with Crippen LogP contribution in [0.25, 0.3) is 11.1 Å². The molecule has 452 valence electrons. The van der Waals surface area contributed by atoms with Crippen LogP contribution in [0.15, 0.2) is 109 Å². The highest BCUT2D eigenvalue weighted by atomic mass is 35.5. The number of aliphatic carboxylic acids is 1. The highest BCUT2D eigenvalue weighted by Gasteiger charge is 2.42. The molecule has 0 fully saturated rings. The zero-order valence-corrected chi connectivity index (χ0v) is 47.1. The average molecular weight is 1260 g/mol. The van der Waals surface area contributed by atoms with Gasteiger partial charge in [0, 0.05) is 40.5 Å². The van der Waals surface area contributed by atoms with Gasteiger partial charge in [0.1, 0.15) is 88.7 Å². The third-order valence-electron chi connectivity index (χ3n) is 14.9. The number of phenolic OH excluding ortho intramolecular Hbond substituents is 6. The minimum absolute atomic E-state index is 0.151. The minimum atomic E-state index is -2.25. The number of likely N-dealkylation sites (N-methyl/N-ethyl adjacent to an activating group) is 1. The molecular formula is C59H46Cl3N7O19. The van der Waals surface area contributed by atoms with Crippen LogP contribution in [0.2, 0.25) is 15.1 Å². The summed E-state index contributed by atoms with van der Waals surface area (Å²) in [5.41, 5.74) is -2.93. The van der Waals surface area contributed by atoms with Gasteiger partial charge in [0.15, 0.2) is 34.8 Å². The molecule has 7 aromatic rings. The van der Waals surface area contributed by atoms with Crippen molar-refractivity contribution in [1.29, 1.82) is 0 Å². The molecule has 9 unspecified atom stereocenters. The highest BCUT2D eigenvalue weighted by molar-refractivity contribution is 6.37. The summed E-state index contributed by atoms with van der Waals surface area (Å²) in [7, 11) is 1.39. The Morgan fingerprint density at radius 1 is 0.466 bits per heavy atom. The number of carboxylic acids is 1. The number of carboxylic acid groups (broad SMARTS) is 1. The molecule has 6 heterocycles. The maximum Gasteiger partial charge on any atom is 0.330 e. The molecule has 88 heavy (non-hydrogen) atoms. The molecule has 17 bridgehead atoms. The number of benzene rings is 7. The number of carbonyl (C=O) groups is 7. The molecule has 29 heteroatoms. The Balaban J connectivity index is 1.16. The van der Waals surface area contributed by atoms with E-state index in [4.69, 9.17) is 49.0 Å². The molecule has 0 saturated carbocycles. The lowest BCUT2D eigenvalue weighted by Crippen LogP contribution is -2.56. The van der Waals surface area contributed by atoms with E-state index in [1.54, 1.807) is 0 Å². The topological polar surface area (TPSA) is 413 Å². The molecule has 0 aliphatic carbocycles. The molecule has 6 aliphatic heterocycles. The normalized spacial score (nSPS) is 22.5. The van der Waals surface area contributed by atoms with Crippen molar-refractivity contribution in [2.45, 2.75) is 54.5 Å². The van der Waals surface area contributed by atoms with Crippen molar-refractivity contribution >= 4 is 76.2 Å². The molecule has 6 aliphatic rings. The molecule has 16 N–H and O–H groups in total. The number of aliphatic hydroxyl groups excluding tert-OH is 2. The van der Waals surface area contributed by atoms with Crippen molar-refractivity contribution in [1.82, 2.24) is 37.2 Å². The van der Waals surface area contributed by atoms with E-state index in [2.05, 4.69) is 37.2 Å². The predicted octanol–water partition coefficient (Wildman–Crippen LogP) is 5.39. The maximum atomic E-state index is 15.8. The van der Waals surface area contributed by atoms with Crippen LogP contribution in [0.1, 0.15) is 81.4 Å². The number of aliphatic hydroxyl groups is 2. The van der Waals surface area contributed by atoms with Gasteiger partial charge in [-0.1, -0.05) is 53.0 Å². The monoisotopic (exact) mass is 1260 g/mol. The molecule has 9 atom stereocenters. The minimum Gasteiger partial charge on any atom is -0.508 e. The Bertz CT molecular complexity index is 4130. The first-order valence-electron chi connectivity index (χ1n) is 26.2. The van der Waals surface area contributed by atoms with E-state index in [0.717, 1.165) is 66.7 Å². The Morgan fingerprint density at radius 3 is 1.72 bits per heavy atom. The average Bonchev–Trinajstić information content (AvgIpc) is 2.09. The smallest absolute Gasteiger partial charge is 0.330 e. The summed E-state index contributed by atoms with van der Waals surface area (Å²) in [5.74, 6) is -15.7. The number of amides is 6. The first-order chi connectivity index (χ1) is 41.8. The number of ether oxygens (including phenoxy) is 3. The van der Waals surface area contributed by atoms with Gasteiger partial charge in [0.2, 0.25) is 35.4 Å². The number of hydrogen-bond acceptors (Lipinski definition) is 19. The van der Waals surface area contributed by atoms with Crippen molar-refractivity contribution in [2.24, 2.45) is 0 Å². The zero-order valence-electron chi connectivity index (χ0n) is 44.8. The Morgan fingerprint density at radius 2 is 1.03 bits per heavy atom. The zero-order chi connectivity index (χ0) is 62.9. The van der Waals surface area contributed by atoms with Gasteiger partial charge < -0.3 is 97.4 Å². The van der Waals surface area contributed by atoms with E-state index in [9.17, 15) is 60.3 Å². The lowest BCUT2D eigenvalue weighted by molar-refractivity contribution is -0.143. The Hall–Kier alpha value is -10.2. The van der Waals surface area contributed by atoms with Crippen LogP contribution in [0.4, 0.5) is 0 Å². The van der Waals surface area contributed by atoms with Crippen molar-refractivity contribution in [3.05, 3.63) is 163 Å². The fraction of sp³-hybridized carbons (Fsp3) is 0.169. The fourth-order valence-corrected chi connectivity index (χ4v) is 11.4. The van der Waals surface area contributed by atoms with Gasteiger partial charge in [0.05, 0.1) is 15.1 Å². The van der Waals surface area contributed by atoms with Crippen molar-refractivity contribution in [3.8, 4) is 80.1 Å². The van der Waals surface area contributed by atoms with Crippen LogP contribution in [0.5, 0.6) is 69.0 Å². The van der Waals surface area contributed by atoms with E-state index in [1.807, 2.05) is 0 Å². The fourth-order valence-electron chi connectivity index (χ4n) is 10.6. The number of aromatic hydroxyl groups is 6. The number of carbonyl (C=O) groups excluding carboxylic acids is 6. The molecule has 0 spiro atoms. The van der Waals surface area contributed by atoms with Crippen LogP contribution >= 0.6 is 34.8 Å². The molecule has 0 saturated heterocycles. The Labute approximate surface area is 509 Å². The first kappa shape index (κ1) is 59.5. The van der Waals surface area contributed by atoms with E-state index in [1.165, 1.54) is 49.5 Å². The van der Waals surface area contributed by atoms with Crippen LogP contribution < -0.4 is 51.4 Å². The van der Waals surface area contributed by atoms with Gasteiger partial charge in [-0.3, -0.25) is 28.8 Å². The lowest BCUT2D eigenvalue weighted by Gasteiger charge is -2.31. The van der Waals surface area contributed by atoms with Gasteiger partial charge >= 0.3 is 5.97 Å². The van der Waals surface area contributed by atoms with Crippen molar-refractivity contribution < 1.29 is 93.7 Å². The summed E-state index contributed by atoms with van der Waals surface area (Å²) in [6.45, 7) is 0. The SMILES string of the molecule is CNC1C(=O)NC2C(=O)NC(C(=O)NC3C(=O)NC4C(=O)NC(C(=O)NC(C(=O)O)c5cc(O)cc(O)c5-c5cc4ccc5O)C(O)c4cc(Cl)c(c(Cl)c4)Oc4cc(cc3c4)Oc3ccc(cc3O)C2O)c2cc(cc(O)c2Cl)Oc2cc1ccc2O. The molecule has 0 aromatic heterocycles. The number of phenols is 6. The maximum absolute atomic E-state index is 15.8. The van der Waals surface area contributed by atoms with Crippen LogP contribution in [-0.4, -0.2) is 107 Å². The first-order valence-corrected chi connectivity index (χ1v) is 27.3. The Kier molecular flexibility index (Phi) is 15.7. The van der Waals surface area contributed by atoms with Crippen molar-refractivity contribution in [2.75, 3.05) is 7.05 Å². The molecule has 0 radical (unpaired) electrons. The van der Waals surface area contributed by atoms with Gasteiger partial charge in [-0.05, 0) is 108 Å². The molecule has 7 aromatic carbocycles. The number of rotatable bonds is 2. The second-order valence-corrected chi connectivity index (χ2v) is 21.7. The van der Waals surface area contributed by atoms with E-state index in [-0.39, 0.29) is 72.4 Å². The van der Waals surface area contributed by atoms with Crippen LogP contribution in [-0.2, 0) is 33.6 Å². The third kappa shape index (κ3) is 11.2.